The summed E-state index contributed by atoms with van der Waals surface area (Å²) in [7, 11) is 0. The molecule has 2 heteroatoms. The first kappa shape index (κ1) is 16.8. The molecule has 0 saturated heterocycles. The number of hydrogen-bond acceptors (Lipinski definition) is 2. The third-order valence-corrected chi connectivity index (χ3v) is 3.96. The minimum Gasteiger partial charge on any atom is -0.493 e. The molecule has 3 aromatic rings. The molecule has 0 spiro atoms. The molecule has 25 heavy (non-hydrogen) atoms. The molecule has 0 radical (unpaired) electrons. The molecule has 2 nitrogen and oxygen atoms in total. The summed E-state index contributed by atoms with van der Waals surface area (Å²) >= 11 is 0. The molecule has 0 heterocycles. The van der Waals surface area contributed by atoms with Crippen LogP contribution in [0, 0.1) is 17.2 Å². The van der Waals surface area contributed by atoms with Crippen LogP contribution in [0.2, 0.25) is 0 Å². The van der Waals surface area contributed by atoms with E-state index in [1.807, 2.05) is 48.5 Å². The number of benzene rings is 3. The van der Waals surface area contributed by atoms with E-state index in [1.165, 1.54) is 5.39 Å². The summed E-state index contributed by atoms with van der Waals surface area (Å²) in [5.41, 5.74) is 2.57. The Morgan fingerprint density at radius 3 is 2.40 bits per heavy atom. The van der Waals surface area contributed by atoms with Gasteiger partial charge in [0.05, 0.1) is 18.2 Å². The van der Waals surface area contributed by atoms with Gasteiger partial charge in [-0.2, -0.15) is 5.26 Å². The zero-order chi connectivity index (χ0) is 17.6. The van der Waals surface area contributed by atoms with Gasteiger partial charge in [0.15, 0.2) is 0 Å². The third-order valence-electron chi connectivity index (χ3n) is 3.96. The van der Waals surface area contributed by atoms with Gasteiger partial charge in [-0.25, -0.2) is 0 Å². The van der Waals surface area contributed by atoms with Crippen LogP contribution >= 0.6 is 0 Å². The Balaban J connectivity index is 1.85. The fraction of sp³-hybridized carbons (Fsp3) is 0.174. The van der Waals surface area contributed by atoms with Crippen LogP contribution in [0.1, 0.15) is 25.0 Å². The van der Waals surface area contributed by atoms with Gasteiger partial charge in [-0.05, 0) is 52.1 Å². The Labute approximate surface area is 149 Å². The molecule has 0 fully saturated rings. The van der Waals surface area contributed by atoms with E-state index in [-0.39, 0.29) is 0 Å². The van der Waals surface area contributed by atoms with E-state index in [0.717, 1.165) is 22.3 Å². The minimum absolute atomic E-state index is 0.498. The predicted molar refractivity (Wildman–Crippen MR) is 104 cm³/mol. The van der Waals surface area contributed by atoms with Crippen LogP contribution in [0.25, 0.3) is 22.4 Å². The van der Waals surface area contributed by atoms with E-state index < -0.39 is 0 Å². The summed E-state index contributed by atoms with van der Waals surface area (Å²) in [5, 5.41) is 11.9. The number of fused-ring (bicyclic) bond motifs is 1. The maximum atomic E-state index is 9.57. The predicted octanol–water partition coefficient (Wildman–Crippen LogP) is 5.94. The van der Waals surface area contributed by atoms with Crippen molar-refractivity contribution in [3.8, 4) is 11.8 Å². The Morgan fingerprint density at radius 2 is 1.72 bits per heavy atom. The maximum absolute atomic E-state index is 9.57. The fourth-order valence-corrected chi connectivity index (χ4v) is 2.63. The largest absolute Gasteiger partial charge is 0.493 e. The van der Waals surface area contributed by atoms with E-state index >= 15 is 0 Å². The van der Waals surface area contributed by atoms with Gasteiger partial charge >= 0.3 is 0 Å². The lowest BCUT2D eigenvalue weighted by Gasteiger charge is -2.08. The van der Waals surface area contributed by atoms with E-state index in [2.05, 4.69) is 44.2 Å². The second-order valence-corrected chi connectivity index (χ2v) is 6.51. The summed E-state index contributed by atoms with van der Waals surface area (Å²) in [6.45, 7) is 4.95. The lowest BCUT2D eigenvalue weighted by atomic mass is 10.0. The first-order valence-electron chi connectivity index (χ1n) is 8.49. The fourth-order valence-electron chi connectivity index (χ4n) is 2.63. The molecule has 3 aromatic carbocycles. The van der Waals surface area contributed by atoms with E-state index in [0.29, 0.717) is 18.1 Å². The summed E-state index contributed by atoms with van der Waals surface area (Å²) in [6, 6.07) is 24.5. The van der Waals surface area contributed by atoms with Crippen LogP contribution < -0.4 is 4.74 Å². The average molecular weight is 327 g/mol. The standard InChI is InChI=1S/C23H21NO/c1-17(2)16-25-23-11-7-18(8-12-23)13-22(15-24)21-10-9-19-5-3-4-6-20(19)14-21/h3-14,17H,16H2,1-2H3/b22-13-. The number of ether oxygens (including phenoxy) is 1. The summed E-state index contributed by atoms with van der Waals surface area (Å²) < 4.78 is 5.70. The molecule has 0 aliphatic rings. The first-order chi connectivity index (χ1) is 12.2. The van der Waals surface area contributed by atoms with Crippen LogP contribution in [-0.4, -0.2) is 6.61 Å². The Hall–Kier alpha value is -3.05. The number of nitriles is 1. The van der Waals surface area contributed by atoms with Gasteiger partial charge < -0.3 is 4.74 Å². The van der Waals surface area contributed by atoms with E-state index in [4.69, 9.17) is 4.74 Å². The highest BCUT2D eigenvalue weighted by Crippen LogP contribution is 2.23. The van der Waals surface area contributed by atoms with Gasteiger partial charge in [0.25, 0.3) is 0 Å². The zero-order valence-electron chi connectivity index (χ0n) is 14.6. The molecule has 0 aliphatic carbocycles. The lowest BCUT2D eigenvalue weighted by molar-refractivity contribution is 0.271. The van der Waals surface area contributed by atoms with Crippen LogP contribution in [0.4, 0.5) is 0 Å². The van der Waals surface area contributed by atoms with Crippen molar-refractivity contribution in [2.75, 3.05) is 6.61 Å². The highest BCUT2D eigenvalue weighted by molar-refractivity contribution is 5.94. The van der Waals surface area contributed by atoms with Crippen LogP contribution in [0.3, 0.4) is 0 Å². The van der Waals surface area contributed by atoms with Gasteiger partial charge in [-0.15, -0.1) is 0 Å². The van der Waals surface area contributed by atoms with Crippen molar-refractivity contribution in [1.29, 1.82) is 5.26 Å². The highest BCUT2D eigenvalue weighted by atomic mass is 16.5. The van der Waals surface area contributed by atoms with Gasteiger partial charge in [0.2, 0.25) is 0 Å². The Morgan fingerprint density at radius 1 is 1.00 bits per heavy atom. The van der Waals surface area contributed by atoms with Crippen LogP contribution in [0.5, 0.6) is 5.75 Å². The zero-order valence-corrected chi connectivity index (χ0v) is 14.6. The second kappa shape index (κ2) is 7.68. The topological polar surface area (TPSA) is 33.0 Å². The van der Waals surface area contributed by atoms with Crippen LogP contribution in [-0.2, 0) is 0 Å². The molecule has 0 N–H and O–H groups in total. The molecule has 0 amide bonds. The summed E-state index contributed by atoms with van der Waals surface area (Å²) in [6.07, 6.45) is 1.91. The molecular weight excluding hydrogens is 306 g/mol. The van der Waals surface area contributed by atoms with Crippen molar-refractivity contribution < 1.29 is 4.74 Å². The third kappa shape index (κ3) is 4.28. The number of nitrogens with zero attached hydrogens (tertiary/aromatic N) is 1. The smallest absolute Gasteiger partial charge is 0.119 e. The Bertz CT molecular complexity index is 930. The molecule has 0 aliphatic heterocycles. The molecular formula is C23H21NO. The van der Waals surface area contributed by atoms with Crippen molar-refractivity contribution in [3.05, 3.63) is 77.9 Å². The van der Waals surface area contributed by atoms with Gasteiger partial charge in [0, 0.05) is 0 Å². The van der Waals surface area contributed by atoms with Crippen molar-refractivity contribution in [2.45, 2.75) is 13.8 Å². The number of hydrogen-bond donors (Lipinski definition) is 0. The molecule has 0 bridgehead atoms. The normalized spacial score (nSPS) is 11.5. The molecule has 3 rings (SSSR count). The SMILES string of the molecule is CC(C)COc1ccc(/C=C(/C#N)c2ccc3ccccc3c2)cc1. The highest BCUT2D eigenvalue weighted by Gasteiger charge is 2.03. The number of allylic oxidation sites excluding steroid dienone is 1. The van der Waals surface area contributed by atoms with E-state index in [9.17, 15) is 5.26 Å². The Kier molecular flexibility index (Phi) is 5.16. The molecule has 124 valence electrons. The molecule has 0 unspecified atom stereocenters. The monoisotopic (exact) mass is 327 g/mol. The van der Waals surface area contributed by atoms with Crippen molar-refractivity contribution >= 4 is 22.4 Å². The molecule has 0 atom stereocenters. The van der Waals surface area contributed by atoms with Gasteiger partial charge in [0.1, 0.15) is 5.75 Å². The summed E-state index contributed by atoms with van der Waals surface area (Å²) in [5.74, 6) is 1.35. The van der Waals surface area contributed by atoms with Crippen LogP contribution in [0.15, 0.2) is 66.7 Å². The van der Waals surface area contributed by atoms with E-state index in [1.54, 1.807) is 0 Å². The molecule has 0 saturated carbocycles. The molecule has 0 aromatic heterocycles. The average Bonchev–Trinajstić information content (AvgIpc) is 2.65. The minimum atomic E-state index is 0.498. The van der Waals surface area contributed by atoms with Gasteiger partial charge in [-0.3, -0.25) is 0 Å². The van der Waals surface area contributed by atoms with Gasteiger partial charge in [-0.1, -0.05) is 62.4 Å². The quantitative estimate of drug-likeness (QED) is 0.429. The number of rotatable bonds is 5. The summed E-state index contributed by atoms with van der Waals surface area (Å²) in [4.78, 5) is 0. The first-order valence-corrected chi connectivity index (χ1v) is 8.49. The van der Waals surface area contributed by atoms with Crippen molar-refractivity contribution in [2.24, 2.45) is 5.92 Å². The maximum Gasteiger partial charge on any atom is 0.119 e. The van der Waals surface area contributed by atoms with Crippen molar-refractivity contribution in [3.63, 3.8) is 0 Å². The second-order valence-electron chi connectivity index (χ2n) is 6.51. The lowest BCUT2D eigenvalue weighted by Crippen LogP contribution is -2.04. The van der Waals surface area contributed by atoms with Crippen molar-refractivity contribution in [1.82, 2.24) is 0 Å².